The van der Waals surface area contributed by atoms with Gasteiger partial charge in [0.05, 0.1) is 6.61 Å². The molecule has 5 nitrogen and oxygen atoms in total. The van der Waals surface area contributed by atoms with E-state index in [0.717, 1.165) is 25.7 Å². The lowest BCUT2D eigenvalue weighted by molar-refractivity contribution is -0.140. The molecule has 0 heterocycles. The zero-order chi connectivity index (χ0) is 15.2. The second-order valence-electron chi connectivity index (χ2n) is 5.40. The minimum absolute atomic E-state index is 0.0879. The van der Waals surface area contributed by atoms with Crippen molar-refractivity contribution in [2.45, 2.75) is 51.1 Å². The molecule has 116 valence electrons. The van der Waals surface area contributed by atoms with Crippen molar-refractivity contribution in [2.75, 3.05) is 6.61 Å². The van der Waals surface area contributed by atoms with Crippen LogP contribution in [-0.2, 0) is 4.79 Å². The highest BCUT2D eigenvalue weighted by Crippen LogP contribution is 2.34. The number of ether oxygens (including phenoxy) is 1. The summed E-state index contributed by atoms with van der Waals surface area (Å²) in [7, 11) is 0. The standard InChI is InChI=1S/C16H23NO4/c1-2-21-13-10-6-9-12(15(13)18)14(16(19)20)17-11-7-4-3-5-8-11/h6,9-11,14,17-18H,2-5,7-8H2,1H3,(H,19,20). The smallest absolute Gasteiger partial charge is 0.325 e. The molecule has 1 aliphatic carbocycles. The predicted molar refractivity (Wildman–Crippen MR) is 79.7 cm³/mol. The SMILES string of the molecule is CCOc1cccc(C(NC2CCCCC2)C(=O)O)c1O. The number of phenols is 1. The lowest BCUT2D eigenvalue weighted by Crippen LogP contribution is -2.38. The third-order valence-corrected chi connectivity index (χ3v) is 3.90. The van der Waals surface area contributed by atoms with Crippen LogP contribution in [0.15, 0.2) is 18.2 Å². The first-order chi connectivity index (χ1) is 10.1. The molecule has 3 N–H and O–H groups in total. The van der Waals surface area contributed by atoms with Crippen LogP contribution in [0.3, 0.4) is 0 Å². The highest BCUT2D eigenvalue weighted by molar-refractivity contribution is 5.77. The molecule has 1 aromatic carbocycles. The highest BCUT2D eigenvalue weighted by Gasteiger charge is 2.27. The zero-order valence-electron chi connectivity index (χ0n) is 12.3. The molecule has 0 amide bonds. The monoisotopic (exact) mass is 293 g/mol. The number of aliphatic carboxylic acids is 1. The summed E-state index contributed by atoms with van der Waals surface area (Å²) in [6, 6.07) is 4.26. The molecule has 1 aromatic rings. The summed E-state index contributed by atoms with van der Waals surface area (Å²) < 4.78 is 5.33. The number of nitrogens with one attached hydrogen (secondary N) is 1. The van der Waals surface area contributed by atoms with Crippen LogP contribution in [-0.4, -0.2) is 28.8 Å². The summed E-state index contributed by atoms with van der Waals surface area (Å²) in [6.07, 6.45) is 5.41. The van der Waals surface area contributed by atoms with Gasteiger partial charge < -0.3 is 14.9 Å². The van der Waals surface area contributed by atoms with Crippen LogP contribution in [0.2, 0.25) is 0 Å². The third-order valence-electron chi connectivity index (χ3n) is 3.90. The number of carbonyl (C=O) groups is 1. The minimum Gasteiger partial charge on any atom is -0.504 e. The van der Waals surface area contributed by atoms with Gasteiger partial charge in [0.2, 0.25) is 0 Å². The number of benzene rings is 1. The number of phenolic OH excluding ortho intramolecular Hbond substituents is 1. The number of hydrogen-bond donors (Lipinski definition) is 3. The molecule has 1 fully saturated rings. The Balaban J connectivity index is 2.21. The Labute approximate surface area is 124 Å². The lowest BCUT2D eigenvalue weighted by atomic mass is 9.93. The first-order valence-corrected chi connectivity index (χ1v) is 7.57. The van der Waals surface area contributed by atoms with Crippen molar-refractivity contribution in [3.05, 3.63) is 23.8 Å². The van der Waals surface area contributed by atoms with Crippen molar-refractivity contribution in [3.8, 4) is 11.5 Å². The minimum atomic E-state index is -0.982. The molecular weight excluding hydrogens is 270 g/mol. The molecule has 0 bridgehead atoms. The maximum Gasteiger partial charge on any atom is 0.325 e. The molecule has 1 unspecified atom stereocenters. The van der Waals surface area contributed by atoms with Crippen molar-refractivity contribution < 1.29 is 19.7 Å². The normalized spacial score (nSPS) is 17.4. The van der Waals surface area contributed by atoms with E-state index >= 15 is 0 Å². The van der Waals surface area contributed by atoms with E-state index in [1.54, 1.807) is 18.2 Å². The van der Waals surface area contributed by atoms with Gasteiger partial charge in [-0.15, -0.1) is 0 Å². The van der Waals surface area contributed by atoms with Crippen LogP contribution in [0.5, 0.6) is 11.5 Å². The number of rotatable bonds is 6. The molecule has 1 atom stereocenters. The van der Waals surface area contributed by atoms with Crippen molar-refractivity contribution in [3.63, 3.8) is 0 Å². The van der Waals surface area contributed by atoms with Crippen molar-refractivity contribution in [1.82, 2.24) is 5.32 Å². The molecule has 0 spiro atoms. The van der Waals surface area contributed by atoms with E-state index in [2.05, 4.69) is 5.32 Å². The molecule has 0 aromatic heterocycles. The van der Waals surface area contributed by atoms with Gasteiger partial charge in [0.1, 0.15) is 6.04 Å². The summed E-state index contributed by atoms with van der Waals surface area (Å²) in [5.41, 5.74) is 0.360. The molecule has 5 heteroatoms. The summed E-state index contributed by atoms with van der Waals surface area (Å²) >= 11 is 0. The van der Waals surface area contributed by atoms with E-state index in [0.29, 0.717) is 17.9 Å². The maximum absolute atomic E-state index is 11.6. The Hall–Kier alpha value is -1.75. The van der Waals surface area contributed by atoms with E-state index in [1.165, 1.54) is 6.42 Å². The average molecular weight is 293 g/mol. The van der Waals surface area contributed by atoms with E-state index in [4.69, 9.17) is 4.74 Å². The first-order valence-electron chi connectivity index (χ1n) is 7.57. The zero-order valence-corrected chi connectivity index (χ0v) is 12.3. The fraction of sp³-hybridized carbons (Fsp3) is 0.562. The van der Waals surface area contributed by atoms with Gasteiger partial charge in [0.25, 0.3) is 0 Å². The summed E-state index contributed by atoms with van der Waals surface area (Å²) in [4.78, 5) is 11.6. The quantitative estimate of drug-likeness (QED) is 0.751. The summed E-state index contributed by atoms with van der Waals surface area (Å²) in [5, 5.41) is 22.9. The van der Waals surface area contributed by atoms with Gasteiger partial charge in [-0.3, -0.25) is 10.1 Å². The number of para-hydroxylation sites is 1. The van der Waals surface area contributed by atoms with Crippen LogP contribution in [0.1, 0.15) is 50.6 Å². The van der Waals surface area contributed by atoms with Gasteiger partial charge in [0, 0.05) is 11.6 Å². The second kappa shape index (κ2) is 7.31. The van der Waals surface area contributed by atoms with Gasteiger partial charge in [-0.05, 0) is 25.8 Å². The fourth-order valence-electron chi connectivity index (χ4n) is 2.84. The van der Waals surface area contributed by atoms with Crippen LogP contribution < -0.4 is 10.1 Å². The van der Waals surface area contributed by atoms with E-state index in [9.17, 15) is 15.0 Å². The Morgan fingerprint density at radius 2 is 2.10 bits per heavy atom. The van der Waals surface area contributed by atoms with E-state index in [-0.39, 0.29) is 11.8 Å². The lowest BCUT2D eigenvalue weighted by Gasteiger charge is -2.27. The molecular formula is C16H23NO4. The summed E-state index contributed by atoms with van der Waals surface area (Å²) in [6.45, 7) is 2.24. The predicted octanol–water partition coefficient (Wildman–Crippen LogP) is 2.84. The van der Waals surface area contributed by atoms with Crippen molar-refractivity contribution in [2.24, 2.45) is 0 Å². The molecule has 1 saturated carbocycles. The molecule has 0 aliphatic heterocycles. The molecule has 2 rings (SSSR count). The molecule has 1 aliphatic rings. The largest absolute Gasteiger partial charge is 0.504 e. The number of aromatic hydroxyl groups is 1. The first kappa shape index (κ1) is 15.6. The van der Waals surface area contributed by atoms with E-state index < -0.39 is 12.0 Å². The van der Waals surface area contributed by atoms with Crippen LogP contribution in [0.4, 0.5) is 0 Å². The maximum atomic E-state index is 11.6. The van der Waals surface area contributed by atoms with Gasteiger partial charge in [-0.1, -0.05) is 31.4 Å². The van der Waals surface area contributed by atoms with E-state index in [1.807, 2.05) is 6.92 Å². The van der Waals surface area contributed by atoms with Gasteiger partial charge in [0.15, 0.2) is 11.5 Å². The number of hydrogen-bond acceptors (Lipinski definition) is 4. The second-order valence-corrected chi connectivity index (χ2v) is 5.40. The molecule has 21 heavy (non-hydrogen) atoms. The molecule has 0 saturated heterocycles. The van der Waals surface area contributed by atoms with Crippen molar-refractivity contribution in [1.29, 1.82) is 0 Å². The average Bonchev–Trinajstić information content (AvgIpc) is 2.48. The van der Waals surface area contributed by atoms with Crippen LogP contribution >= 0.6 is 0 Å². The Morgan fingerprint density at radius 1 is 1.38 bits per heavy atom. The Bertz CT molecular complexity index is 483. The Morgan fingerprint density at radius 3 is 2.71 bits per heavy atom. The summed E-state index contributed by atoms with van der Waals surface area (Å²) in [5.74, 6) is -0.744. The Kier molecular flexibility index (Phi) is 5.44. The topological polar surface area (TPSA) is 78.8 Å². The van der Waals surface area contributed by atoms with Gasteiger partial charge in [-0.25, -0.2) is 0 Å². The van der Waals surface area contributed by atoms with Gasteiger partial charge >= 0.3 is 5.97 Å². The number of carboxylic acid groups (broad SMARTS) is 1. The highest BCUT2D eigenvalue weighted by atomic mass is 16.5. The molecule has 0 radical (unpaired) electrons. The van der Waals surface area contributed by atoms with Crippen LogP contribution in [0.25, 0.3) is 0 Å². The van der Waals surface area contributed by atoms with Crippen molar-refractivity contribution >= 4 is 5.97 Å². The van der Waals surface area contributed by atoms with Gasteiger partial charge in [-0.2, -0.15) is 0 Å². The number of carboxylic acids is 1. The van der Waals surface area contributed by atoms with Crippen LogP contribution in [0, 0.1) is 0 Å². The fourth-order valence-corrected chi connectivity index (χ4v) is 2.84. The third kappa shape index (κ3) is 3.88.